The van der Waals surface area contributed by atoms with Crippen LogP contribution in [0.15, 0.2) is 0 Å². The highest BCUT2D eigenvalue weighted by Crippen LogP contribution is 2.61. The Bertz CT molecular complexity index is 354. The fraction of sp³-hybridized carbons (Fsp3) is 0.933. The van der Waals surface area contributed by atoms with Gasteiger partial charge in [-0.25, -0.2) is 0 Å². The van der Waals surface area contributed by atoms with E-state index in [1.54, 1.807) is 0 Å². The molecule has 0 aromatic carbocycles. The number of fused-ring (bicyclic) bond motifs is 2. The van der Waals surface area contributed by atoms with Crippen LogP contribution in [0, 0.1) is 23.2 Å². The highest BCUT2D eigenvalue weighted by atomic mass is 35.5. The van der Waals surface area contributed by atoms with Crippen LogP contribution in [-0.4, -0.2) is 38.3 Å². The Morgan fingerprint density at radius 3 is 2.80 bits per heavy atom. The molecule has 1 unspecified atom stereocenters. The van der Waals surface area contributed by atoms with Gasteiger partial charge in [-0.1, -0.05) is 13.8 Å². The summed E-state index contributed by atoms with van der Waals surface area (Å²) in [4.78, 5) is 12.0. The van der Waals surface area contributed by atoms with Crippen LogP contribution in [0.1, 0.15) is 33.1 Å². The van der Waals surface area contributed by atoms with E-state index in [9.17, 15) is 4.79 Å². The molecule has 4 nitrogen and oxygen atoms in total. The smallest absolute Gasteiger partial charge is 0.250 e. The number of morpholine rings is 1. The highest BCUT2D eigenvalue weighted by molar-refractivity contribution is 5.85. The maximum absolute atomic E-state index is 12.0. The Morgan fingerprint density at radius 2 is 2.20 bits per heavy atom. The van der Waals surface area contributed by atoms with Crippen LogP contribution in [0.5, 0.6) is 0 Å². The topological polar surface area (TPSA) is 50.4 Å². The van der Waals surface area contributed by atoms with Crippen molar-refractivity contribution in [2.45, 2.75) is 39.2 Å². The SMILES string of the molecule is CC1(C)[C@H]2CC[C@@H](CNC(=O)C3CNCCO3)[C@@H]1C2.Cl. The van der Waals surface area contributed by atoms with Crippen molar-refractivity contribution in [1.82, 2.24) is 10.6 Å². The minimum absolute atomic E-state index is 0. The summed E-state index contributed by atoms with van der Waals surface area (Å²) in [5, 5.41) is 6.31. The summed E-state index contributed by atoms with van der Waals surface area (Å²) in [6.07, 6.45) is 3.70. The van der Waals surface area contributed by atoms with Crippen molar-refractivity contribution < 1.29 is 9.53 Å². The molecule has 4 aliphatic rings. The molecule has 1 heterocycles. The van der Waals surface area contributed by atoms with Crippen molar-refractivity contribution in [2.24, 2.45) is 23.2 Å². The zero-order valence-corrected chi connectivity index (χ0v) is 13.3. The lowest BCUT2D eigenvalue weighted by atomic mass is 9.45. The molecule has 1 saturated heterocycles. The second-order valence-electron chi connectivity index (χ2n) is 7.01. The van der Waals surface area contributed by atoms with Gasteiger partial charge in [0.15, 0.2) is 0 Å². The predicted molar refractivity (Wildman–Crippen MR) is 81.0 cm³/mol. The first-order valence-corrected chi connectivity index (χ1v) is 7.69. The van der Waals surface area contributed by atoms with Crippen LogP contribution in [0.25, 0.3) is 0 Å². The average molecular weight is 303 g/mol. The van der Waals surface area contributed by atoms with E-state index in [0.717, 1.165) is 24.9 Å². The van der Waals surface area contributed by atoms with Crippen LogP contribution in [0.2, 0.25) is 0 Å². The van der Waals surface area contributed by atoms with Crippen LogP contribution < -0.4 is 10.6 Å². The Balaban J connectivity index is 0.00000147. The fourth-order valence-corrected chi connectivity index (χ4v) is 4.29. The molecular weight excluding hydrogens is 276 g/mol. The molecule has 4 fully saturated rings. The maximum Gasteiger partial charge on any atom is 0.250 e. The summed E-state index contributed by atoms with van der Waals surface area (Å²) in [7, 11) is 0. The van der Waals surface area contributed by atoms with Crippen LogP contribution in [0.3, 0.4) is 0 Å². The number of ether oxygens (including phenoxy) is 1. The van der Waals surface area contributed by atoms with Gasteiger partial charge >= 0.3 is 0 Å². The van der Waals surface area contributed by atoms with Gasteiger partial charge in [-0.15, -0.1) is 12.4 Å². The lowest BCUT2D eigenvalue weighted by molar-refractivity contribution is -0.136. The van der Waals surface area contributed by atoms with E-state index in [1.165, 1.54) is 19.3 Å². The van der Waals surface area contributed by atoms with E-state index >= 15 is 0 Å². The third kappa shape index (κ3) is 2.83. The van der Waals surface area contributed by atoms with Crippen molar-refractivity contribution in [1.29, 1.82) is 0 Å². The maximum atomic E-state index is 12.0. The summed E-state index contributed by atoms with van der Waals surface area (Å²) < 4.78 is 5.48. The number of amides is 1. The van der Waals surface area contributed by atoms with Gasteiger partial charge in [-0.05, 0) is 42.4 Å². The van der Waals surface area contributed by atoms with E-state index in [2.05, 4.69) is 24.5 Å². The van der Waals surface area contributed by atoms with Gasteiger partial charge in [0.1, 0.15) is 6.10 Å². The van der Waals surface area contributed by atoms with E-state index < -0.39 is 0 Å². The molecule has 0 aromatic rings. The molecule has 0 spiro atoms. The van der Waals surface area contributed by atoms with Crippen LogP contribution >= 0.6 is 12.4 Å². The first-order valence-electron chi connectivity index (χ1n) is 7.69. The van der Waals surface area contributed by atoms with Gasteiger partial charge < -0.3 is 15.4 Å². The monoisotopic (exact) mass is 302 g/mol. The van der Waals surface area contributed by atoms with E-state index in [4.69, 9.17) is 4.74 Å². The standard InChI is InChI=1S/C15H26N2O2.ClH/c1-15(2)11-4-3-10(12(15)7-11)8-17-14(18)13-9-16-5-6-19-13;/h10-13,16H,3-9H2,1-2H3,(H,17,18);1H/t10-,11-,12-,13?;/m0./s1. The molecule has 0 radical (unpaired) electrons. The van der Waals surface area contributed by atoms with Gasteiger partial charge in [0.2, 0.25) is 5.91 Å². The molecule has 2 N–H and O–H groups in total. The van der Waals surface area contributed by atoms with Gasteiger partial charge in [-0.2, -0.15) is 0 Å². The first-order chi connectivity index (χ1) is 9.09. The van der Waals surface area contributed by atoms with E-state index in [1.807, 2.05) is 0 Å². The van der Waals surface area contributed by atoms with E-state index in [-0.39, 0.29) is 24.4 Å². The third-order valence-electron chi connectivity index (χ3n) is 5.76. The second-order valence-corrected chi connectivity index (χ2v) is 7.01. The Labute approximate surface area is 127 Å². The molecule has 0 aromatic heterocycles. The largest absolute Gasteiger partial charge is 0.366 e. The molecule has 4 rings (SSSR count). The number of hydrogen-bond acceptors (Lipinski definition) is 3. The molecule has 116 valence electrons. The lowest BCUT2D eigenvalue weighted by Crippen LogP contribution is -2.55. The summed E-state index contributed by atoms with van der Waals surface area (Å²) >= 11 is 0. The number of halogens is 1. The van der Waals surface area contributed by atoms with Gasteiger partial charge in [0, 0.05) is 19.6 Å². The molecular formula is C15H27ClN2O2. The average Bonchev–Trinajstić information content (AvgIpc) is 2.45. The van der Waals surface area contributed by atoms with E-state index in [0.29, 0.717) is 24.5 Å². The predicted octanol–water partition coefficient (Wildman–Crippen LogP) is 1.59. The summed E-state index contributed by atoms with van der Waals surface area (Å²) in [6, 6.07) is 0. The summed E-state index contributed by atoms with van der Waals surface area (Å²) in [6.45, 7) is 7.76. The zero-order chi connectivity index (χ0) is 13.5. The zero-order valence-electron chi connectivity index (χ0n) is 12.5. The molecule has 20 heavy (non-hydrogen) atoms. The van der Waals surface area contributed by atoms with Crippen molar-refractivity contribution in [2.75, 3.05) is 26.2 Å². The molecule has 4 atom stereocenters. The highest BCUT2D eigenvalue weighted by Gasteiger charge is 2.53. The minimum Gasteiger partial charge on any atom is -0.366 e. The van der Waals surface area contributed by atoms with Crippen molar-refractivity contribution in [3.05, 3.63) is 0 Å². The Morgan fingerprint density at radius 1 is 1.40 bits per heavy atom. The third-order valence-corrected chi connectivity index (χ3v) is 5.76. The number of nitrogens with one attached hydrogen (secondary N) is 2. The lowest BCUT2D eigenvalue weighted by Gasteiger charge is -2.60. The molecule has 1 aliphatic heterocycles. The van der Waals surface area contributed by atoms with Crippen molar-refractivity contribution in [3.63, 3.8) is 0 Å². The number of carbonyl (C=O) groups excluding carboxylic acids is 1. The first kappa shape index (κ1) is 16.1. The fourth-order valence-electron chi connectivity index (χ4n) is 4.29. The number of rotatable bonds is 3. The molecule has 3 saturated carbocycles. The number of carbonyl (C=O) groups is 1. The second kappa shape index (κ2) is 6.20. The molecule has 2 bridgehead atoms. The van der Waals surface area contributed by atoms with Crippen molar-refractivity contribution in [3.8, 4) is 0 Å². The molecule has 3 aliphatic carbocycles. The summed E-state index contributed by atoms with van der Waals surface area (Å²) in [5.74, 6) is 2.46. The molecule has 5 heteroatoms. The van der Waals surface area contributed by atoms with Gasteiger partial charge in [0.05, 0.1) is 6.61 Å². The molecule has 1 amide bonds. The van der Waals surface area contributed by atoms with Crippen molar-refractivity contribution >= 4 is 18.3 Å². The van der Waals surface area contributed by atoms with Gasteiger partial charge in [0.25, 0.3) is 0 Å². The Kier molecular flexibility index (Phi) is 4.98. The normalized spacial score (nSPS) is 38.3. The van der Waals surface area contributed by atoms with Crippen LogP contribution in [0.4, 0.5) is 0 Å². The minimum atomic E-state index is -0.292. The van der Waals surface area contributed by atoms with Crippen LogP contribution in [-0.2, 0) is 9.53 Å². The number of hydrogen-bond donors (Lipinski definition) is 2. The quantitative estimate of drug-likeness (QED) is 0.832. The summed E-state index contributed by atoms with van der Waals surface area (Å²) in [5.41, 5.74) is 0.497. The van der Waals surface area contributed by atoms with Gasteiger partial charge in [-0.3, -0.25) is 4.79 Å². The Hall–Kier alpha value is -0.320.